The zero-order valence-electron chi connectivity index (χ0n) is 13.0. The molecule has 4 heteroatoms. The average molecular weight is 320 g/mol. The molecule has 0 bridgehead atoms. The molecule has 0 fully saturated rings. The van der Waals surface area contributed by atoms with Crippen molar-refractivity contribution >= 4 is 12.4 Å². The molecule has 0 amide bonds. The predicted octanol–water partition coefficient (Wildman–Crippen LogP) is 3.56. The van der Waals surface area contributed by atoms with E-state index in [0.29, 0.717) is 6.04 Å². The smallest absolute Gasteiger partial charge is 0.161 e. The first-order chi connectivity index (χ1) is 10.3. The second-order valence-corrected chi connectivity index (χ2v) is 5.35. The van der Waals surface area contributed by atoms with E-state index in [4.69, 9.17) is 9.47 Å². The van der Waals surface area contributed by atoms with Gasteiger partial charge >= 0.3 is 0 Å². The summed E-state index contributed by atoms with van der Waals surface area (Å²) in [6.45, 7) is 1.000. The van der Waals surface area contributed by atoms with Crippen molar-refractivity contribution in [3.8, 4) is 11.5 Å². The maximum atomic E-state index is 5.45. The maximum absolute atomic E-state index is 5.45. The molecule has 1 atom stereocenters. The van der Waals surface area contributed by atoms with Crippen LogP contribution in [-0.4, -0.2) is 20.8 Å². The third kappa shape index (κ3) is 3.37. The minimum atomic E-state index is 0. The number of benzene rings is 2. The molecule has 1 aliphatic heterocycles. The molecule has 1 N–H and O–H groups in total. The van der Waals surface area contributed by atoms with Gasteiger partial charge < -0.3 is 14.8 Å². The van der Waals surface area contributed by atoms with Crippen LogP contribution in [0.1, 0.15) is 22.7 Å². The van der Waals surface area contributed by atoms with Crippen molar-refractivity contribution in [2.24, 2.45) is 0 Å². The van der Waals surface area contributed by atoms with Crippen LogP contribution in [0, 0.1) is 0 Å². The van der Waals surface area contributed by atoms with Crippen LogP contribution >= 0.6 is 12.4 Å². The van der Waals surface area contributed by atoms with Gasteiger partial charge in [0.2, 0.25) is 0 Å². The quantitative estimate of drug-likeness (QED) is 0.934. The van der Waals surface area contributed by atoms with Crippen LogP contribution in [0.2, 0.25) is 0 Å². The van der Waals surface area contributed by atoms with Gasteiger partial charge in [-0.15, -0.1) is 12.4 Å². The molecular formula is C18H22ClNO2. The summed E-state index contributed by atoms with van der Waals surface area (Å²) in [6.07, 6.45) is 2.02. The number of methoxy groups -OCH3 is 2. The van der Waals surface area contributed by atoms with Gasteiger partial charge in [0, 0.05) is 6.04 Å². The number of rotatable bonds is 4. The first-order valence-corrected chi connectivity index (χ1v) is 7.34. The summed E-state index contributed by atoms with van der Waals surface area (Å²) in [7, 11) is 3.37. The van der Waals surface area contributed by atoms with Gasteiger partial charge in [-0.05, 0) is 48.2 Å². The minimum absolute atomic E-state index is 0. The maximum Gasteiger partial charge on any atom is 0.161 e. The highest BCUT2D eigenvalue weighted by Gasteiger charge is 2.22. The van der Waals surface area contributed by atoms with Crippen molar-refractivity contribution in [1.29, 1.82) is 0 Å². The molecule has 1 heterocycles. The number of hydrogen-bond acceptors (Lipinski definition) is 3. The molecule has 0 aromatic heterocycles. The highest BCUT2D eigenvalue weighted by Crippen LogP contribution is 2.36. The SMILES string of the molecule is COc1cc2c(cc1OC)[C@@H](Cc1ccccc1)NCC2.Cl. The van der Waals surface area contributed by atoms with Crippen molar-refractivity contribution in [3.05, 3.63) is 59.2 Å². The Morgan fingerprint density at radius 2 is 1.73 bits per heavy atom. The lowest BCUT2D eigenvalue weighted by atomic mass is 9.90. The van der Waals surface area contributed by atoms with E-state index >= 15 is 0 Å². The van der Waals surface area contributed by atoms with Gasteiger partial charge in [0.25, 0.3) is 0 Å². The Hall–Kier alpha value is -1.71. The Morgan fingerprint density at radius 3 is 2.41 bits per heavy atom. The van der Waals surface area contributed by atoms with E-state index < -0.39 is 0 Å². The van der Waals surface area contributed by atoms with Crippen molar-refractivity contribution in [2.45, 2.75) is 18.9 Å². The summed E-state index contributed by atoms with van der Waals surface area (Å²) in [5.41, 5.74) is 4.02. The van der Waals surface area contributed by atoms with Crippen LogP contribution in [-0.2, 0) is 12.8 Å². The van der Waals surface area contributed by atoms with E-state index in [1.165, 1.54) is 16.7 Å². The molecule has 22 heavy (non-hydrogen) atoms. The number of hydrogen-bond donors (Lipinski definition) is 1. The predicted molar refractivity (Wildman–Crippen MR) is 91.4 cm³/mol. The topological polar surface area (TPSA) is 30.5 Å². The molecule has 3 rings (SSSR count). The minimum Gasteiger partial charge on any atom is -0.493 e. The summed E-state index contributed by atoms with van der Waals surface area (Å²) in [5.74, 6) is 1.62. The lowest BCUT2D eigenvalue weighted by Gasteiger charge is -2.28. The third-order valence-electron chi connectivity index (χ3n) is 4.09. The normalized spacial score (nSPS) is 16.4. The number of halogens is 1. The first kappa shape index (κ1) is 16.7. The van der Waals surface area contributed by atoms with Gasteiger partial charge in [0.1, 0.15) is 0 Å². The average Bonchev–Trinajstić information content (AvgIpc) is 2.55. The number of nitrogens with one attached hydrogen (secondary N) is 1. The second-order valence-electron chi connectivity index (χ2n) is 5.35. The highest BCUT2D eigenvalue weighted by molar-refractivity contribution is 5.85. The van der Waals surface area contributed by atoms with E-state index in [1.807, 2.05) is 0 Å². The zero-order valence-corrected chi connectivity index (χ0v) is 13.8. The van der Waals surface area contributed by atoms with E-state index in [0.717, 1.165) is 30.9 Å². The molecule has 2 aromatic carbocycles. The fraction of sp³-hybridized carbons (Fsp3) is 0.333. The summed E-state index contributed by atoms with van der Waals surface area (Å²) in [4.78, 5) is 0. The molecular weight excluding hydrogens is 298 g/mol. The van der Waals surface area contributed by atoms with Gasteiger partial charge in [-0.2, -0.15) is 0 Å². The summed E-state index contributed by atoms with van der Waals surface area (Å²) >= 11 is 0. The summed E-state index contributed by atoms with van der Waals surface area (Å²) in [6, 6.07) is 15.2. The Kier molecular flexibility index (Phi) is 5.69. The zero-order chi connectivity index (χ0) is 14.7. The van der Waals surface area contributed by atoms with E-state index in [1.54, 1.807) is 14.2 Å². The van der Waals surface area contributed by atoms with E-state index in [-0.39, 0.29) is 12.4 Å². The van der Waals surface area contributed by atoms with Gasteiger partial charge in [0.05, 0.1) is 14.2 Å². The molecule has 0 saturated carbocycles. The molecule has 0 saturated heterocycles. The van der Waals surface area contributed by atoms with Gasteiger partial charge in [0.15, 0.2) is 11.5 Å². The number of fused-ring (bicyclic) bond motifs is 1. The van der Waals surface area contributed by atoms with Crippen LogP contribution < -0.4 is 14.8 Å². The monoisotopic (exact) mass is 319 g/mol. The lowest BCUT2D eigenvalue weighted by Crippen LogP contribution is -2.31. The van der Waals surface area contributed by atoms with E-state index in [9.17, 15) is 0 Å². The van der Waals surface area contributed by atoms with Crippen molar-refractivity contribution < 1.29 is 9.47 Å². The van der Waals surface area contributed by atoms with Crippen LogP contribution in [0.15, 0.2) is 42.5 Å². The first-order valence-electron chi connectivity index (χ1n) is 7.34. The Labute approximate surface area is 138 Å². The fourth-order valence-electron chi connectivity index (χ4n) is 3.00. The molecule has 0 radical (unpaired) electrons. The standard InChI is InChI=1S/C18H21NO2.ClH/c1-20-17-11-14-8-9-19-16(15(14)12-18(17)21-2)10-13-6-4-3-5-7-13;/h3-7,11-12,16,19H,8-10H2,1-2H3;1H/t16-;/m1./s1. The molecule has 0 unspecified atom stereocenters. The molecule has 3 nitrogen and oxygen atoms in total. The lowest BCUT2D eigenvalue weighted by molar-refractivity contribution is 0.352. The second kappa shape index (κ2) is 7.52. The van der Waals surface area contributed by atoms with Crippen molar-refractivity contribution in [2.75, 3.05) is 20.8 Å². The van der Waals surface area contributed by atoms with Crippen molar-refractivity contribution in [1.82, 2.24) is 5.32 Å². The van der Waals surface area contributed by atoms with Crippen LogP contribution in [0.3, 0.4) is 0 Å². The van der Waals surface area contributed by atoms with Crippen LogP contribution in [0.25, 0.3) is 0 Å². The summed E-state index contributed by atoms with van der Waals surface area (Å²) in [5, 5.41) is 3.62. The summed E-state index contributed by atoms with van der Waals surface area (Å²) < 4.78 is 10.9. The molecule has 2 aromatic rings. The Bertz CT molecular complexity index is 616. The molecule has 0 spiro atoms. The van der Waals surface area contributed by atoms with Gasteiger partial charge in [-0.25, -0.2) is 0 Å². The van der Waals surface area contributed by atoms with Gasteiger partial charge in [-0.3, -0.25) is 0 Å². The van der Waals surface area contributed by atoms with E-state index in [2.05, 4.69) is 47.8 Å². The van der Waals surface area contributed by atoms with Gasteiger partial charge in [-0.1, -0.05) is 30.3 Å². The molecule has 118 valence electrons. The number of ether oxygens (including phenoxy) is 2. The largest absolute Gasteiger partial charge is 0.493 e. The highest BCUT2D eigenvalue weighted by atomic mass is 35.5. The van der Waals surface area contributed by atoms with Crippen LogP contribution in [0.5, 0.6) is 11.5 Å². The van der Waals surface area contributed by atoms with Crippen molar-refractivity contribution in [3.63, 3.8) is 0 Å². The third-order valence-corrected chi connectivity index (χ3v) is 4.09. The Morgan fingerprint density at radius 1 is 1.05 bits per heavy atom. The molecule has 1 aliphatic rings. The molecule has 0 aliphatic carbocycles. The Balaban J connectivity index is 0.00000176. The fourth-order valence-corrected chi connectivity index (χ4v) is 3.00. The van der Waals surface area contributed by atoms with Crippen LogP contribution in [0.4, 0.5) is 0 Å².